The summed E-state index contributed by atoms with van der Waals surface area (Å²) in [6.07, 6.45) is 3.31. The molecule has 0 fully saturated rings. The van der Waals surface area contributed by atoms with Gasteiger partial charge in [0.2, 0.25) is 5.95 Å². The van der Waals surface area contributed by atoms with E-state index in [0.29, 0.717) is 23.4 Å². The maximum atomic E-state index is 11.7. The van der Waals surface area contributed by atoms with Crippen molar-refractivity contribution in [2.45, 2.75) is 13.0 Å². The molecule has 0 saturated carbocycles. The SMILES string of the molecule is CC(NC(=O)NCCNc1ncccn1)c1ccc(Cl)s1. The van der Waals surface area contributed by atoms with Gasteiger partial charge in [0.15, 0.2) is 0 Å². The average molecular weight is 326 g/mol. The second-order valence-corrected chi connectivity index (χ2v) is 6.01. The number of nitrogens with one attached hydrogen (secondary N) is 3. The molecule has 112 valence electrons. The first kappa shape index (κ1) is 15.5. The number of carbonyl (C=O) groups is 1. The van der Waals surface area contributed by atoms with Crippen LogP contribution in [0.15, 0.2) is 30.6 Å². The van der Waals surface area contributed by atoms with Gasteiger partial charge in [0.1, 0.15) is 0 Å². The Bertz CT molecular complexity index is 577. The van der Waals surface area contributed by atoms with Crippen molar-refractivity contribution in [2.75, 3.05) is 18.4 Å². The number of amides is 2. The Hall–Kier alpha value is -1.86. The summed E-state index contributed by atoms with van der Waals surface area (Å²) >= 11 is 7.33. The minimum atomic E-state index is -0.220. The third-order valence-corrected chi connectivity index (χ3v) is 4.04. The number of nitrogens with zero attached hydrogens (tertiary/aromatic N) is 2. The van der Waals surface area contributed by atoms with Gasteiger partial charge in [-0.2, -0.15) is 0 Å². The van der Waals surface area contributed by atoms with E-state index in [9.17, 15) is 4.79 Å². The summed E-state index contributed by atoms with van der Waals surface area (Å²) in [5.74, 6) is 0.543. The van der Waals surface area contributed by atoms with E-state index >= 15 is 0 Å². The Morgan fingerprint density at radius 1 is 1.33 bits per heavy atom. The molecule has 1 atom stereocenters. The van der Waals surface area contributed by atoms with Crippen LogP contribution in [0.4, 0.5) is 10.7 Å². The van der Waals surface area contributed by atoms with Crippen LogP contribution in [0.3, 0.4) is 0 Å². The number of urea groups is 1. The van der Waals surface area contributed by atoms with Gasteiger partial charge < -0.3 is 16.0 Å². The van der Waals surface area contributed by atoms with E-state index in [4.69, 9.17) is 11.6 Å². The molecule has 6 nitrogen and oxygen atoms in total. The Balaban J connectivity index is 1.65. The lowest BCUT2D eigenvalue weighted by atomic mass is 10.3. The van der Waals surface area contributed by atoms with Crippen molar-refractivity contribution in [3.63, 3.8) is 0 Å². The zero-order valence-corrected chi connectivity index (χ0v) is 13.0. The highest BCUT2D eigenvalue weighted by Crippen LogP contribution is 2.26. The van der Waals surface area contributed by atoms with Crippen molar-refractivity contribution in [3.05, 3.63) is 39.8 Å². The second-order valence-electron chi connectivity index (χ2n) is 4.26. The number of rotatable bonds is 6. The molecule has 0 bridgehead atoms. The predicted octanol–water partition coefficient (Wildman–Crippen LogP) is 2.66. The smallest absolute Gasteiger partial charge is 0.315 e. The fourth-order valence-electron chi connectivity index (χ4n) is 1.62. The van der Waals surface area contributed by atoms with Crippen LogP contribution < -0.4 is 16.0 Å². The van der Waals surface area contributed by atoms with Gasteiger partial charge in [-0.3, -0.25) is 0 Å². The molecule has 0 aromatic carbocycles. The van der Waals surface area contributed by atoms with Crippen molar-refractivity contribution >= 4 is 34.9 Å². The highest BCUT2D eigenvalue weighted by molar-refractivity contribution is 7.16. The summed E-state index contributed by atoms with van der Waals surface area (Å²) in [5, 5.41) is 8.62. The summed E-state index contributed by atoms with van der Waals surface area (Å²) in [6.45, 7) is 2.94. The summed E-state index contributed by atoms with van der Waals surface area (Å²) in [4.78, 5) is 20.8. The number of anilines is 1. The van der Waals surface area contributed by atoms with Crippen LogP contribution in [0, 0.1) is 0 Å². The Labute approximate surface area is 132 Å². The minimum absolute atomic E-state index is 0.0760. The van der Waals surface area contributed by atoms with Gasteiger partial charge in [0.05, 0.1) is 10.4 Å². The molecule has 0 radical (unpaired) electrons. The second kappa shape index (κ2) is 7.80. The fourth-order valence-corrected chi connectivity index (χ4v) is 2.68. The van der Waals surface area contributed by atoms with E-state index in [1.165, 1.54) is 11.3 Å². The minimum Gasteiger partial charge on any atom is -0.352 e. The van der Waals surface area contributed by atoms with Gasteiger partial charge in [0.25, 0.3) is 0 Å². The molecule has 0 aliphatic carbocycles. The topological polar surface area (TPSA) is 78.9 Å². The monoisotopic (exact) mass is 325 g/mol. The van der Waals surface area contributed by atoms with E-state index < -0.39 is 0 Å². The van der Waals surface area contributed by atoms with Gasteiger partial charge in [-0.25, -0.2) is 14.8 Å². The first-order chi connectivity index (χ1) is 10.1. The van der Waals surface area contributed by atoms with Crippen molar-refractivity contribution in [3.8, 4) is 0 Å². The molecule has 21 heavy (non-hydrogen) atoms. The Morgan fingerprint density at radius 2 is 2.10 bits per heavy atom. The zero-order chi connectivity index (χ0) is 15.1. The lowest BCUT2D eigenvalue weighted by molar-refractivity contribution is 0.238. The van der Waals surface area contributed by atoms with Crippen LogP contribution in [0.25, 0.3) is 0 Å². The molecule has 2 aromatic heterocycles. The molecule has 2 heterocycles. The van der Waals surface area contributed by atoms with E-state index in [2.05, 4.69) is 25.9 Å². The first-order valence-corrected chi connectivity index (χ1v) is 7.65. The van der Waals surface area contributed by atoms with Gasteiger partial charge >= 0.3 is 6.03 Å². The molecule has 3 N–H and O–H groups in total. The van der Waals surface area contributed by atoms with Crippen molar-refractivity contribution in [1.29, 1.82) is 0 Å². The number of hydrogen-bond acceptors (Lipinski definition) is 5. The molecule has 2 aromatic rings. The van der Waals surface area contributed by atoms with E-state index in [-0.39, 0.29) is 12.1 Å². The van der Waals surface area contributed by atoms with Crippen molar-refractivity contribution in [2.24, 2.45) is 0 Å². The van der Waals surface area contributed by atoms with Crippen LogP contribution in [0.5, 0.6) is 0 Å². The van der Waals surface area contributed by atoms with Gasteiger partial charge in [0, 0.05) is 30.4 Å². The summed E-state index contributed by atoms with van der Waals surface area (Å²) in [5.41, 5.74) is 0. The standard InChI is InChI=1S/C13H16ClN5OS/c1-9(10-3-4-11(14)21-10)19-13(20)18-8-7-17-12-15-5-2-6-16-12/h2-6,9H,7-8H2,1H3,(H,15,16,17)(H2,18,19,20). The third kappa shape index (κ3) is 5.20. The van der Waals surface area contributed by atoms with E-state index in [0.717, 1.165) is 4.88 Å². The first-order valence-electron chi connectivity index (χ1n) is 6.45. The zero-order valence-electron chi connectivity index (χ0n) is 11.5. The van der Waals surface area contributed by atoms with Gasteiger partial charge in [-0.15, -0.1) is 11.3 Å². The number of halogens is 1. The van der Waals surface area contributed by atoms with Gasteiger partial charge in [-0.05, 0) is 25.1 Å². The molecular formula is C13H16ClN5OS. The lowest BCUT2D eigenvalue weighted by Gasteiger charge is -2.13. The molecule has 0 aliphatic heterocycles. The van der Waals surface area contributed by atoms with Crippen LogP contribution in [-0.2, 0) is 0 Å². The maximum Gasteiger partial charge on any atom is 0.315 e. The highest BCUT2D eigenvalue weighted by atomic mass is 35.5. The Kier molecular flexibility index (Phi) is 5.77. The normalized spacial score (nSPS) is 11.7. The number of aromatic nitrogens is 2. The fraction of sp³-hybridized carbons (Fsp3) is 0.308. The van der Waals surface area contributed by atoms with Crippen LogP contribution >= 0.6 is 22.9 Å². The summed E-state index contributed by atoms with van der Waals surface area (Å²) in [7, 11) is 0. The number of thiophene rings is 1. The van der Waals surface area contributed by atoms with Crippen molar-refractivity contribution in [1.82, 2.24) is 20.6 Å². The summed E-state index contributed by atoms with van der Waals surface area (Å²) < 4.78 is 0.714. The molecule has 0 saturated heterocycles. The highest BCUT2D eigenvalue weighted by Gasteiger charge is 2.10. The van der Waals surface area contributed by atoms with E-state index in [1.807, 2.05) is 19.1 Å². The van der Waals surface area contributed by atoms with E-state index in [1.54, 1.807) is 18.5 Å². The quantitative estimate of drug-likeness (QED) is 0.713. The van der Waals surface area contributed by atoms with Gasteiger partial charge in [-0.1, -0.05) is 11.6 Å². The molecule has 2 amide bonds. The predicted molar refractivity (Wildman–Crippen MR) is 84.8 cm³/mol. The average Bonchev–Trinajstić information content (AvgIpc) is 2.91. The number of carbonyl (C=O) groups excluding carboxylic acids is 1. The molecule has 1 unspecified atom stereocenters. The molecule has 0 spiro atoms. The van der Waals surface area contributed by atoms with Crippen LogP contribution in [-0.4, -0.2) is 29.1 Å². The molecule has 2 rings (SSSR count). The largest absolute Gasteiger partial charge is 0.352 e. The summed E-state index contributed by atoms with van der Waals surface area (Å²) in [6, 6.07) is 5.18. The molecular weight excluding hydrogens is 310 g/mol. The molecule has 8 heteroatoms. The molecule has 0 aliphatic rings. The third-order valence-electron chi connectivity index (χ3n) is 2.63. The Morgan fingerprint density at radius 3 is 2.76 bits per heavy atom. The van der Waals surface area contributed by atoms with Crippen LogP contribution in [0.1, 0.15) is 17.8 Å². The lowest BCUT2D eigenvalue weighted by Crippen LogP contribution is -2.39. The number of hydrogen-bond donors (Lipinski definition) is 3. The maximum absolute atomic E-state index is 11.7. The van der Waals surface area contributed by atoms with Crippen molar-refractivity contribution < 1.29 is 4.79 Å². The van der Waals surface area contributed by atoms with Crippen LogP contribution in [0.2, 0.25) is 4.34 Å².